The Morgan fingerprint density at radius 2 is 2.05 bits per heavy atom. The maximum atomic E-state index is 4.34. The first-order chi connectivity index (χ1) is 9.24. The van der Waals surface area contributed by atoms with Crippen LogP contribution in [0, 0.1) is 0 Å². The molecule has 2 atom stereocenters. The van der Waals surface area contributed by atoms with Crippen molar-refractivity contribution in [1.82, 2.24) is 15.3 Å². The topological polar surface area (TPSA) is 40.7 Å². The van der Waals surface area contributed by atoms with Crippen molar-refractivity contribution in [3.05, 3.63) is 48.0 Å². The largest absolute Gasteiger partial charge is 0.347 e. The smallest absolute Gasteiger partial charge is 0.123 e. The summed E-state index contributed by atoms with van der Waals surface area (Å²) in [5, 5.41) is 3.62. The average Bonchev–Trinajstić information content (AvgIpc) is 2.98. The molecule has 1 aromatic heterocycles. The summed E-state index contributed by atoms with van der Waals surface area (Å²) >= 11 is 1.77. The van der Waals surface area contributed by atoms with Gasteiger partial charge in [-0.05, 0) is 37.3 Å². The molecule has 1 aromatic carbocycles. The minimum absolute atomic E-state index is 0.269. The number of H-pyrrole nitrogens is 1. The lowest BCUT2D eigenvalue weighted by Crippen LogP contribution is -2.25. The number of rotatable bonds is 6. The van der Waals surface area contributed by atoms with Crippen molar-refractivity contribution in [2.45, 2.75) is 37.2 Å². The highest BCUT2D eigenvalue weighted by Crippen LogP contribution is 2.22. The van der Waals surface area contributed by atoms with Gasteiger partial charge in [0.15, 0.2) is 0 Å². The SMILES string of the molecule is CCC(NC(C)c1ccc(SC)cc1)c1ncc[nH]1. The normalized spacial score (nSPS) is 14.3. The second-order valence-electron chi connectivity index (χ2n) is 4.60. The van der Waals surface area contributed by atoms with Gasteiger partial charge in [-0.2, -0.15) is 0 Å². The number of nitrogens with one attached hydrogen (secondary N) is 2. The van der Waals surface area contributed by atoms with E-state index in [9.17, 15) is 0 Å². The van der Waals surface area contributed by atoms with Crippen LogP contribution >= 0.6 is 11.8 Å². The lowest BCUT2D eigenvalue weighted by atomic mass is 10.1. The molecule has 0 aliphatic rings. The zero-order valence-electron chi connectivity index (χ0n) is 11.7. The van der Waals surface area contributed by atoms with Gasteiger partial charge in [-0.25, -0.2) is 4.98 Å². The van der Waals surface area contributed by atoms with Crippen LogP contribution in [0.25, 0.3) is 0 Å². The summed E-state index contributed by atoms with van der Waals surface area (Å²) in [6.07, 6.45) is 6.79. The standard InChI is InChI=1S/C15H21N3S/c1-4-14(15-16-9-10-17-15)18-11(2)12-5-7-13(19-3)8-6-12/h5-11,14,18H,4H2,1-3H3,(H,16,17). The van der Waals surface area contributed by atoms with E-state index in [4.69, 9.17) is 0 Å². The van der Waals surface area contributed by atoms with Gasteiger partial charge in [0, 0.05) is 23.3 Å². The molecule has 2 aromatic rings. The fourth-order valence-electron chi connectivity index (χ4n) is 2.15. The van der Waals surface area contributed by atoms with Crippen molar-refractivity contribution in [3.8, 4) is 0 Å². The van der Waals surface area contributed by atoms with E-state index in [0.717, 1.165) is 12.2 Å². The van der Waals surface area contributed by atoms with E-state index < -0.39 is 0 Å². The predicted octanol–water partition coefficient (Wildman–Crippen LogP) is 3.93. The summed E-state index contributed by atoms with van der Waals surface area (Å²) in [6.45, 7) is 4.36. The summed E-state index contributed by atoms with van der Waals surface area (Å²) in [5.74, 6) is 1.01. The van der Waals surface area contributed by atoms with E-state index in [1.807, 2.05) is 6.20 Å². The van der Waals surface area contributed by atoms with Crippen molar-refractivity contribution in [1.29, 1.82) is 0 Å². The van der Waals surface area contributed by atoms with Crippen LogP contribution in [0.1, 0.15) is 43.7 Å². The van der Waals surface area contributed by atoms with Crippen LogP contribution in [-0.4, -0.2) is 16.2 Å². The Morgan fingerprint density at radius 3 is 2.58 bits per heavy atom. The van der Waals surface area contributed by atoms with Gasteiger partial charge in [-0.3, -0.25) is 0 Å². The average molecular weight is 275 g/mol. The van der Waals surface area contributed by atoms with Crippen molar-refractivity contribution >= 4 is 11.8 Å². The Labute approximate surface area is 119 Å². The molecule has 0 bridgehead atoms. The molecule has 2 rings (SSSR count). The molecular weight excluding hydrogens is 254 g/mol. The first kappa shape index (κ1) is 14.2. The second kappa shape index (κ2) is 6.78. The maximum Gasteiger partial charge on any atom is 0.123 e. The first-order valence-electron chi connectivity index (χ1n) is 6.63. The molecular formula is C15H21N3S. The lowest BCUT2D eigenvalue weighted by molar-refractivity contribution is 0.441. The van der Waals surface area contributed by atoms with Crippen LogP contribution in [0.15, 0.2) is 41.6 Å². The van der Waals surface area contributed by atoms with E-state index in [-0.39, 0.29) is 6.04 Å². The van der Waals surface area contributed by atoms with Crippen LogP contribution in [-0.2, 0) is 0 Å². The summed E-state index contributed by atoms with van der Waals surface area (Å²) in [7, 11) is 0. The van der Waals surface area contributed by atoms with E-state index in [1.54, 1.807) is 18.0 Å². The van der Waals surface area contributed by atoms with Crippen LogP contribution in [0.2, 0.25) is 0 Å². The maximum absolute atomic E-state index is 4.34. The number of benzene rings is 1. The third-order valence-corrected chi connectivity index (χ3v) is 4.07. The molecule has 102 valence electrons. The number of thioether (sulfide) groups is 1. The van der Waals surface area contributed by atoms with Crippen LogP contribution in [0.4, 0.5) is 0 Å². The molecule has 0 aliphatic heterocycles. The van der Waals surface area contributed by atoms with E-state index >= 15 is 0 Å². The van der Waals surface area contributed by atoms with Gasteiger partial charge in [-0.1, -0.05) is 19.1 Å². The monoisotopic (exact) mass is 275 g/mol. The zero-order valence-corrected chi connectivity index (χ0v) is 12.5. The zero-order chi connectivity index (χ0) is 13.7. The van der Waals surface area contributed by atoms with Crippen molar-refractivity contribution in [3.63, 3.8) is 0 Å². The quantitative estimate of drug-likeness (QED) is 0.785. The van der Waals surface area contributed by atoms with Gasteiger partial charge in [0.1, 0.15) is 5.82 Å². The number of aromatic nitrogens is 2. The highest BCUT2D eigenvalue weighted by Gasteiger charge is 2.15. The molecule has 4 heteroatoms. The second-order valence-corrected chi connectivity index (χ2v) is 5.48. The molecule has 19 heavy (non-hydrogen) atoms. The molecule has 1 heterocycles. The minimum Gasteiger partial charge on any atom is -0.347 e. The molecule has 3 nitrogen and oxygen atoms in total. The van der Waals surface area contributed by atoms with Crippen molar-refractivity contribution < 1.29 is 0 Å². The number of nitrogens with zero attached hydrogens (tertiary/aromatic N) is 1. The third kappa shape index (κ3) is 3.61. The Balaban J connectivity index is 2.04. The number of imidazole rings is 1. The van der Waals surface area contributed by atoms with Gasteiger partial charge in [0.05, 0.1) is 6.04 Å². The highest BCUT2D eigenvalue weighted by atomic mass is 32.2. The number of hydrogen-bond donors (Lipinski definition) is 2. The molecule has 0 saturated carbocycles. The van der Waals surface area contributed by atoms with E-state index in [2.05, 4.69) is 59.7 Å². The van der Waals surface area contributed by atoms with Gasteiger partial charge in [0.25, 0.3) is 0 Å². The summed E-state index contributed by atoms with van der Waals surface area (Å²) < 4.78 is 0. The van der Waals surface area contributed by atoms with Crippen LogP contribution in [0.5, 0.6) is 0 Å². The van der Waals surface area contributed by atoms with Gasteiger partial charge >= 0.3 is 0 Å². The summed E-state index contributed by atoms with van der Waals surface area (Å²) in [5.41, 5.74) is 1.31. The Kier molecular flexibility index (Phi) is 5.05. The van der Waals surface area contributed by atoms with E-state index in [0.29, 0.717) is 6.04 Å². The molecule has 2 N–H and O–H groups in total. The fraction of sp³-hybridized carbons (Fsp3) is 0.400. The number of hydrogen-bond acceptors (Lipinski definition) is 3. The first-order valence-corrected chi connectivity index (χ1v) is 7.86. The van der Waals surface area contributed by atoms with E-state index in [1.165, 1.54) is 10.5 Å². The molecule has 0 amide bonds. The third-order valence-electron chi connectivity index (χ3n) is 3.32. The Bertz CT molecular complexity index is 479. The summed E-state index contributed by atoms with van der Waals surface area (Å²) in [6, 6.07) is 9.31. The summed E-state index contributed by atoms with van der Waals surface area (Å²) in [4.78, 5) is 8.83. The molecule has 2 unspecified atom stereocenters. The Morgan fingerprint density at radius 1 is 1.32 bits per heavy atom. The van der Waals surface area contributed by atoms with Crippen LogP contribution < -0.4 is 5.32 Å². The minimum atomic E-state index is 0.269. The molecule has 0 saturated heterocycles. The molecule has 0 radical (unpaired) electrons. The predicted molar refractivity (Wildman–Crippen MR) is 81.4 cm³/mol. The Hall–Kier alpha value is -1.26. The molecule has 0 aliphatic carbocycles. The molecule has 0 fully saturated rings. The van der Waals surface area contributed by atoms with Crippen molar-refractivity contribution in [2.24, 2.45) is 0 Å². The number of aromatic amines is 1. The van der Waals surface area contributed by atoms with Gasteiger partial charge < -0.3 is 10.3 Å². The van der Waals surface area contributed by atoms with Gasteiger partial charge in [-0.15, -0.1) is 11.8 Å². The molecule has 0 spiro atoms. The van der Waals surface area contributed by atoms with Gasteiger partial charge in [0.2, 0.25) is 0 Å². The lowest BCUT2D eigenvalue weighted by Gasteiger charge is -2.21. The highest BCUT2D eigenvalue weighted by molar-refractivity contribution is 7.98. The fourth-order valence-corrected chi connectivity index (χ4v) is 2.56. The van der Waals surface area contributed by atoms with Crippen molar-refractivity contribution in [2.75, 3.05) is 6.26 Å². The van der Waals surface area contributed by atoms with Crippen LogP contribution in [0.3, 0.4) is 0 Å².